The van der Waals surface area contributed by atoms with Crippen molar-refractivity contribution in [2.45, 2.75) is 425 Å². The second-order valence-electron chi connectivity index (χ2n) is 28.2. The second kappa shape index (κ2) is 70.1. The van der Waals surface area contributed by atoms with E-state index in [4.69, 9.17) is 37.0 Å². The quantitative estimate of drug-likeness (QED) is 0.0222. The van der Waals surface area contributed by atoms with Gasteiger partial charge in [0.1, 0.15) is 19.3 Å². The molecule has 0 aliphatic carbocycles. The minimum Gasteiger partial charge on any atom is -0.462 e. The third kappa shape index (κ3) is 70.5. The number of rotatable bonds is 77. The Bertz CT molecular complexity index is 1840. The maximum absolute atomic E-state index is 13.1. The molecule has 0 radical (unpaired) electrons. The molecule has 570 valence electrons. The van der Waals surface area contributed by atoms with Crippen LogP contribution in [0.1, 0.15) is 407 Å². The number of unbranched alkanes of at least 4 members (excludes halogenated alkanes) is 49. The van der Waals surface area contributed by atoms with Crippen molar-refractivity contribution in [3.05, 3.63) is 0 Å². The van der Waals surface area contributed by atoms with E-state index in [1.807, 2.05) is 0 Å². The Kier molecular flexibility index (Phi) is 68.7. The first-order chi connectivity index (χ1) is 46.5. The number of hydrogen-bond acceptors (Lipinski definition) is 15. The van der Waals surface area contributed by atoms with Crippen molar-refractivity contribution < 1.29 is 80.2 Å². The Morgan fingerprint density at radius 1 is 0.281 bits per heavy atom. The fourth-order valence-electron chi connectivity index (χ4n) is 11.9. The highest BCUT2D eigenvalue weighted by Gasteiger charge is 2.30. The van der Waals surface area contributed by atoms with Crippen LogP contribution in [-0.2, 0) is 65.4 Å². The topological polar surface area (TPSA) is 237 Å². The molecular weight excluding hydrogens is 1260 g/mol. The summed E-state index contributed by atoms with van der Waals surface area (Å²) in [6, 6.07) is 0. The zero-order valence-corrected chi connectivity index (χ0v) is 64.3. The van der Waals surface area contributed by atoms with Gasteiger partial charge in [0.25, 0.3) is 0 Å². The molecule has 0 saturated carbocycles. The van der Waals surface area contributed by atoms with Crippen LogP contribution < -0.4 is 0 Å². The molecule has 0 aromatic heterocycles. The highest BCUT2D eigenvalue weighted by molar-refractivity contribution is 7.47. The molecule has 0 amide bonds. The summed E-state index contributed by atoms with van der Waals surface area (Å²) >= 11 is 0. The highest BCUT2D eigenvalue weighted by atomic mass is 31.2. The van der Waals surface area contributed by atoms with Gasteiger partial charge < -0.3 is 33.8 Å². The van der Waals surface area contributed by atoms with Gasteiger partial charge in [0.05, 0.1) is 26.4 Å². The summed E-state index contributed by atoms with van der Waals surface area (Å²) in [6.07, 6.45) is 59.5. The van der Waals surface area contributed by atoms with Crippen molar-refractivity contribution in [3.8, 4) is 0 Å². The van der Waals surface area contributed by atoms with Crippen LogP contribution in [0.4, 0.5) is 0 Å². The maximum Gasteiger partial charge on any atom is 0.472 e. The molecule has 0 rings (SSSR count). The standard InChI is InChI=1S/C77H150O17P2/c1-6-9-12-15-18-21-24-26-27-28-29-33-38-43-48-53-58-63-77(82)94-73(67-88-75(80)61-56-51-46-41-36-34-30-32-35-39-44-49-54-59-70(4)5)69-92-96(85,86)90-65-71(78)64-89-95(83,84)91-68-72(66-87-74(79)60-55-50-45-40-23-20-17-14-11-8-3)93-76(81)62-57-52-47-42-37-31-25-22-19-16-13-10-7-2/h70-73,78H,6-69H2,1-5H3,(H,83,84)(H,85,86)/t71-,72+,73+/m0/s1. The average molecular weight is 1410 g/mol. The van der Waals surface area contributed by atoms with Gasteiger partial charge in [-0.2, -0.15) is 0 Å². The third-order valence-corrected chi connectivity index (χ3v) is 19.9. The van der Waals surface area contributed by atoms with Gasteiger partial charge in [-0.25, -0.2) is 9.13 Å². The normalized spacial score (nSPS) is 13.9. The first kappa shape index (κ1) is 94.1. The number of phosphoric ester groups is 2. The first-order valence-electron chi connectivity index (χ1n) is 40.1. The molecule has 0 aliphatic heterocycles. The lowest BCUT2D eigenvalue weighted by molar-refractivity contribution is -0.161. The summed E-state index contributed by atoms with van der Waals surface area (Å²) in [7, 11) is -9.91. The Labute approximate surface area is 588 Å². The fourth-order valence-corrected chi connectivity index (χ4v) is 13.5. The van der Waals surface area contributed by atoms with Crippen molar-refractivity contribution in [3.63, 3.8) is 0 Å². The Balaban J connectivity index is 5.24. The van der Waals surface area contributed by atoms with Crippen molar-refractivity contribution in [2.24, 2.45) is 5.92 Å². The smallest absolute Gasteiger partial charge is 0.462 e. The van der Waals surface area contributed by atoms with Gasteiger partial charge in [-0.3, -0.25) is 37.3 Å². The number of esters is 4. The lowest BCUT2D eigenvalue weighted by atomic mass is 10.0. The molecule has 3 N–H and O–H groups in total. The zero-order valence-electron chi connectivity index (χ0n) is 62.5. The fraction of sp³-hybridized carbons (Fsp3) is 0.948. The number of carbonyl (C=O) groups excluding carboxylic acids is 4. The van der Waals surface area contributed by atoms with Crippen LogP contribution in [0.5, 0.6) is 0 Å². The lowest BCUT2D eigenvalue weighted by Crippen LogP contribution is -2.30. The summed E-state index contributed by atoms with van der Waals surface area (Å²) < 4.78 is 68.6. The van der Waals surface area contributed by atoms with Crippen LogP contribution in [0.25, 0.3) is 0 Å². The predicted molar refractivity (Wildman–Crippen MR) is 391 cm³/mol. The first-order valence-corrected chi connectivity index (χ1v) is 43.1. The molecule has 0 aliphatic rings. The van der Waals surface area contributed by atoms with E-state index in [0.717, 1.165) is 95.8 Å². The summed E-state index contributed by atoms with van der Waals surface area (Å²) in [6.45, 7) is 7.32. The SMILES string of the molecule is CCCCCCCCCCCCCCCCCCCC(=O)O[C@H](COC(=O)CCCCCCCCCCCCCCCC(C)C)COP(=O)(O)OC[C@@H](O)COP(=O)(O)OC[C@@H](COC(=O)CCCCCCCCCCCC)OC(=O)CCCCCCCCCCCCCCC. The van der Waals surface area contributed by atoms with Gasteiger partial charge in [0.15, 0.2) is 12.2 Å². The van der Waals surface area contributed by atoms with E-state index in [9.17, 15) is 43.2 Å². The highest BCUT2D eigenvalue weighted by Crippen LogP contribution is 2.45. The van der Waals surface area contributed by atoms with Crippen LogP contribution in [0.15, 0.2) is 0 Å². The van der Waals surface area contributed by atoms with Crippen molar-refractivity contribution >= 4 is 39.5 Å². The third-order valence-electron chi connectivity index (χ3n) is 18.0. The van der Waals surface area contributed by atoms with E-state index in [1.165, 1.54) is 231 Å². The number of aliphatic hydroxyl groups excluding tert-OH is 1. The van der Waals surface area contributed by atoms with Gasteiger partial charge in [-0.05, 0) is 31.6 Å². The van der Waals surface area contributed by atoms with E-state index in [1.54, 1.807) is 0 Å². The molecule has 17 nitrogen and oxygen atoms in total. The molecule has 0 fully saturated rings. The molecule has 0 spiro atoms. The van der Waals surface area contributed by atoms with Crippen LogP contribution in [0.2, 0.25) is 0 Å². The van der Waals surface area contributed by atoms with Crippen LogP contribution >= 0.6 is 15.6 Å². The van der Waals surface area contributed by atoms with Gasteiger partial charge in [-0.15, -0.1) is 0 Å². The van der Waals surface area contributed by atoms with E-state index >= 15 is 0 Å². The number of aliphatic hydroxyl groups is 1. The van der Waals surface area contributed by atoms with Crippen molar-refractivity contribution in [2.75, 3.05) is 39.6 Å². The molecule has 0 saturated heterocycles. The molecule has 2 unspecified atom stereocenters. The average Bonchev–Trinajstić information content (AvgIpc) is 2.74. The van der Waals surface area contributed by atoms with Crippen molar-refractivity contribution in [1.82, 2.24) is 0 Å². The predicted octanol–water partition coefficient (Wildman–Crippen LogP) is 22.9. The Morgan fingerprint density at radius 3 is 0.708 bits per heavy atom. The maximum atomic E-state index is 13.1. The van der Waals surface area contributed by atoms with Gasteiger partial charge >= 0.3 is 39.5 Å². The molecular formula is C77H150O17P2. The number of ether oxygens (including phenoxy) is 4. The summed E-state index contributed by atoms with van der Waals surface area (Å²) in [4.78, 5) is 72.8. The number of carbonyl (C=O) groups is 4. The molecule has 0 heterocycles. The van der Waals surface area contributed by atoms with E-state index in [0.29, 0.717) is 25.7 Å². The molecule has 96 heavy (non-hydrogen) atoms. The van der Waals surface area contributed by atoms with Crippen molar-refractivity contribution in [1.29, 1.82) is 0 Å². The molecule has 0 aromatic carbocycles. The summed E-state index contributed by atoms with van der Waals surface area (Å²) in [5.74, 6) is -1.32. The second-order valence-corrected chi connectivity index (χ2v) is 31.1. The van der Waals surface area contributed by atoms with Gasteiger partial charge in [-0.1, -0.05) is 356 Å². The molecule has 19 heteroatoms. The summed E-state index contributed by atoms with van der Waals surface area (Å²) in [5.41, 5.74) is 0. The van der Waals surface area contributed by atoms with Gasteiger partial charge in [0.2, 0.25) is 0 Å². The minimum absolute atomic E-state index is 0.108. The monoisotopic (exact) mass is 1410 g/mol. The Morgan fingerprint density at radius 2 is 0.479 bits per heavy atom. The van der Waals surface area contributed by atoms with Gasteiger partial charge in [0, 0.05) is 25.7 Å². The van der Waals surface area contributed by atoms with E-state index < -0.39 is 97.5 Å². The minimum atomic E-state index is -4.96. The molecule has 0 bridgehead atoms. The lowest BCUT2D eigenvalue weighted by Gasteiger charge is -2.21. The number of hydrogen-bond donors (Lipinski definition) is 3. The zero-order chi connectivity index (χ0) is 70.5. The van der Waals surface area contributed by atoms with E-state index in [2.05, 4.69) is 34.6 Å². The summed E-state index contributed by atoms with van der Waals surface area (Å²) in [5, 5.41) is 10.6. The molecule has 5 atom stereocenters. The van der Waals surface area contributed by atoms with Crippen LogP contribution in [-0.4, -0.2) is 96.7 Å². The number of phosphoric acid groups is 2. The largest absolute Gasteiger partial charge is 0.472 e. The van der Waals surface area contributed by atoms with Crippen LogP contribution in [0, 0.1) is 5.92 Å². The Hall–Kier alpha value is -1.94. The molecule has 0 aromatic rings. The van der Waals surface area contributed by atoms with Crippen LogP contribution in [0.3, 0.4) is 0 Å². The van der Waals surface area contributed by atoms with E-state index in [-0.39, 0.29) is 25.7 Å².